The van der Waals surface area contributed by atoms with Crippen molar-refractivity contribution in [1.82, 2.24) is 0 Å². The van der Waals surface area contributed by atoms with Crippen LogP contribution >= 0.6 is 0 Å². The lowest BCUT2D eigenvalue weighted by atomic mass is 9.80. The fraction of sp³-hybridized carbons (Fsp3) is 0.600. The molecule has 0 radical (unpaired) electrons. The molecule has 78 valence electrons. The van der Waals surface area contributed by atoms with Crippen molar-refractivity contribution in [1.29, 1.82) is 0 Å². The van der Waals surface area contributed by atoms with Crippen molar-refractivity contribution in [2.24, 2.45) is 11.1 Å². The average Bonchev–Trinajstić information content (AvgIpc) is 2.89. The third-order valence-electron chi connectivity index (χ3n) is 2.93. The van der Waals surface area contributed by atoms with Crippen molar-refractivity contribution in [3.63, 3.8) is 0 Å². The van der Waals surface area contributed by atoms with E-state index in [9.17, 15) is 5.11 Å². The minimum Gasteiger partial charge on any atom is -0.467 e. The zero-order valence-electron chi connectivity index (χ0n) is 7.98. The zero-order valence-corrected chi connectivity index (χ0v) is 7.98. The fourth-order valence-corrected chi connectivity index (χ4v) is 1.86. The lowest BCUT2D eigenvalue weighted by molar-refractivity contribution is 0.00478. The number of furan rings is 1. The predicted octanol–water partition coefficient (Wildman–Crippen LogP) is 0.678. The highest BCUT2D eigenvalue weighted by atomic mass is 16.5. The maximum absolute atomic E-state index is 10.1. The molecule has 0 aromatic carbocycles. The fourth-order valence-electron chi connectivity index (χ4n) is 1.86. The molecule has 0 saturated carbocycles. The van der Waals surface area contributed by atoms with Crippen LogP contribution in [-0.4, -0.2) is 24.9 Å². The molecule has 0 amide bonds. The van der Waals surface area contributed by atoms with E-state index in [0.29, 0.717) is 25.5 Å². The summed E-state index contributed by atoms with van der Waals surface area (Å²) in [6.45, 7) is 1.58. The van der Waals surface area contributed by atoms with E-state index in [1.54, 1.807) is 18.4 Å². The largest absolute Gasteiger partial charge is 0.467 e. The van der Waals surface area contributed by atoms with Crippen molar-refractivity contribution in [3.8, 4) is 0 Å². The molecule has 2 atom stereocenters. The standard InChI is InChI=1S/C10H15NO3/c11-6-10(3-5-13-7-10)9(12)8-2-1-4-14-8/h1-2,4,9,12H,3,5-7,11H2. The van der Waals surface area contributed by atoms with Gasteiger partial charge in [0.25, 0.3) is 0 Å². The first kappa shape index (κ1) is 9.71. The summed E-state index contributed by atoms with van der Waals surface area (Å²) in [4.78, 5) is 0. The maximum atomic E-state index is 10.1. The van der Waals surface area contributed by atoms with Gasteiger partial charge in [-0.3, -0.25) is 0 Å². The second-order valence-electron chi connectivity index (χ2n) is 3.79. The third-order valence-corrected chi connectivity index (χ3v) is 2.93. The number of nitrogens with two attached hydrogens (primary N) is 1. The smallest absolute Gasteiger partial charge is 0.132 e. The molecule has 1 aromatic heterocycles. The van der Waals surface area contributed by atoms with Crippen molar-refractivity contribution < 1.29 is 14.3 Å². The lowest BCUT2D eigenvalue weighted by Gasteiger charge is -2.29. The van der Waals surface area contributed by atoms with Gasteiger partial charge in [0, 0.05) is 18.6 Å². The number of ether oxygens (including phenoxy) is 1. The van der Waals surface area contributed by atoms with Crippen molar-refractivity contribution in [2.75, 3.05) is 19.8 Å². The molecule has 1 saturated heterocycles. The van der Waals surface area contributed by atoms with Gasteiger partial charge in [0.2, 0.25) is 0 Å². The van der Waals surface area contributed by atoms with Crippen molar-refractivity contribution >= 4 is 0 Å². The summed E-state index contributed by atoms with van der Waals surface area (Å²) in [5.74, 6) is 0.570. The quantitative estimate of drug-likeness (QED) is 0.747. The first-order valence-electron chi connectivity index (χ1n) is 4.78. The maximum Gasteiger partial charge on any atom is 0.132 e. The van der Waals surface area contributed by atoms with Crippen LogP contribution in [0.25, 0.3) is 0 Å². The Morgan fingerprint density at radius 1 is 1.64 bits per heavy atom. The SMILES string of the molecule is NCC1(C(O)c2ccco2)CCOC1. The van der Waals surface area contributed by atoms with E-state index in [0.717, 1.165) is 6.42 Å². The molecule has 2 rings (SSSR count). The molecule has 0 bridgehead atoms. The number of hydrogen-bond acceptors (Lipinski definition) is 4. The molecule has 1 fully saturated rings. The predicted molar refractivity (Wildman–Crippen MR) is 50.6 cm³/mol. The summed E-state index contributed by atoms with van der Waals surface area (Å²) in [7, 11) is 0. The van der Waals surface area contributed by atoms with E-state index in [4.69, 9.17) is 14.9 Å². The number of aliphatic hydroxyl groups is 1. The van der Waals surface area contributed by atoms with Crippen LogP contribution in [0.4, 0.5) is 0 Å². The Balaban J connectivity index is 2.19. The van der Waals surface area contributed by atoms with Crippen LogP contribution < -0.4 is 5.73 Å². The number of aliphatic hydroxyl groups excluding tert-OH is 1. The van der Waals surface area contributed by atoms with Crippen LogP contribution in [0, 0.1) is 5.41 Å². The van der Waals surface area contributed by atoms with Gasteiger partial charge < -0.3 is 20.0 Å². The van der Waals surface area contributed by atoms with Crippen LogP contribution in [0.3, 0.4) is 0 Å². The second-order valence-corrected chi connectivity index (χ2v) is 3.79. The molecular weight excluding hydrogens is 182 g/mol. The minimum atomic E-state index is -0.662. The van der Waals surface area contributed by atoms with Gasteiger partial charge in [-0.15, -0.1) is 0 Å². The van der Waals surface area contributed by atoms with Crippen LogP contribution in [0.2, 0.25) is 0 Å². The van der Waals surface area contributed by atoms with Gasteiger partial charge in [0.15, 0.2) is 0 Å². The van der Waals surface area contributed by atoms with Crippen LogP contribution in [0.15, 0.2) is 22.8 Å². The summed E-state index contributed by atoms with van der Waals surface area (Å²) in [5.41, 5.74) is 5.33. The highest BCUT2D eigenvalue weighted by Gasteiger charge is 2.42. The van der Waals surface area contributed by atoms with Gasteiger partial charge in [-0.25, -0.2) is 0 Å². The van der Waals surface area contributed by atoms with Gasteiger partial charge in [0.1, 0.15) is 11.9 Å². The molecule has 2 heterocycles. The van der Waals surface area contributed by atoms with E-state index in [1.807, 2.05) is 0 Å². The first-order valence-corrected chi connectivity index (χ1v) is 4.78. The van der Waals surface area contributed by atoms with E-state index in [-0.39, 0.29) is 5.41 Å². The van der Waals surface area contributed by atoms with Crippen molar-refractivity contribution in [3.05, 3.63) is 24.2 Å². The molecule has 1 aromatic rings. The third kappa shape index (κ3) is 1.45. The summed E-state index contributed by atoms with van der Waals surface area (Å²) in [5, 5.41) is 10.1. The molecule has 0 spiro atoms. The van der Waals surface area contributed by atoms with Gasteiger partial charge in [0.05, 0.1) is 12.9 Å². The van der Waals surface area contributed by atoms with Gasteiger partial charge in [-0.2, -0.15) is 0 Å². The number of rotatable bonds is 3. The van der Waals surface area contributed by atoms with Crippen LogP contribution in [-0.2, 0) is 4.74 Å². The van der Waals surface area contributed by atoms with E-state index in [1.165, 1.54) is 0 Å². The summed E-state index contributed by atoms with van der Waals surface area (Å²) >= 11 is 0. The minimum absolute atomic E-state index is 0.363. The van der Waals surface area contributed by atoms with Gasteiger partial charge in [-0.1, -0.05) is 0 Å². The molecule has 14 heavy (non-hydrogen) atoms. The second kappa shape index (κ2) is 3.73. The molecule has 4 nitrogen and oxygen atoms in total. The molecule has 2 unspecified atom stereocenters. The zero-order chi connectivity index (χ0) is 10.0. The highest BCUT2D eigenvalue weighted by Crippen LogP contribution is 2.40. The Bertz CT molecular complexity index is 278. The topological polar surface area (TPSA) is 68.6 Å². The molecular formula is C10H15NO3. The monoisotopic (exact) mass is 197 g/mol. The Morgan fingerprint density at radius 3 is 3.00 bits per heavy atom. The van der Waals surface area contributed by atoms with E-state index >= 15 is 0 Å². The molecule has 3 N–H and O–H groups in total. The van der Waals surface area contributed by atoms with Gasteiger partial charge in [-0.05, 0) is 18.6 Å². The lowest BCUT2D eigenvalue weighted by Crippen LogP contribution is -2.37. The van der Waals surface area contributed by atoms with E-state index < -0.39 is 6.10 Å². The normalized spacial score (nSPS) is 29.3. The summed E-state index contributed by atoms with van der Waals surface area (Å²) in [6.07, 6.45) is 1.68. The number of hydrogen-bond donors (Lipinski definition) is 2. The average molecular weight is 197 g/mol. The Labute approximate surface area is 82.7 Å². The molecule has 0 aliphatic carbocycles. The van der Waals surface area contributed by atoms with Crippen molar-refractivity contribution in [2.45, 2.75) is 12.5 Å². The molecule has 1 aliphatic rings. The van der Waals surface area contributed by atoms with E-state index in [2.05, 4.69) is 0 Å². The first-order chi connectivity index (χ1) is 6.78. The Kier molecular flexibility index (Phi) is 2.58. The molecule has 4 heteroatoms. The van der Waals surface area contributed by atoms with Gasteiger partial charge >= 0.3 is 0 Å². The summed E-state index contributed by atoms with van der Waals surface area (Å²) < 4.78 is 10.5. The van der Waals surface area contributed by atoms with Crippen LogP contribution in [0.5, 0.6) is 0 Å². The highest BCUT2D eigenvalue weighted by molar-refractivity contribution is 5.08. The van der Waals surface area contributed by atoms with Crippen LogP contribution in [0.1, 0.15) is 18.3 Å². The summed E-state index contributed by atoms with van der Waals surface area (Å²) in [6, 6.07) is 3.53. The molecule has 1 aliphatic heterocycles. The Morgan fingerprint density at radius 2 is 2.50 bits per heavy atom. The Hall–Kier alpha value is -0.840.